The number of aliphatic hydroxyl groups is 1. The van der Waals surface area contributed by atoms with Crippen LogP contribution in [0.25, 0.3) is 0 Å². The molecule has 0 aliphatic carbocycles. The van der Waals surface area contributed by atoms with Gasteiger partial charge in [-0.2, -0.15) is 15.0 Å². The molecule has 0 saturated heterocycles. The molecule has 0 amide bonds. The van der Waals surface area contributed by atoms with Crippen LogP contribution < -0.4 is 21.3 Å². The van der Waals surface area contributed by atoms with Crippen molar-refractivity contribution in [1.29, 1.82) is 0 Å². The summed E-state index contributed by atoms with van der Waals surface area (Å²) < 4.78 is 5.44. The zero-order chi connectivity index (χ0) is 15.2. The van der Waals surface area contributed by atoms with E-state index in [1.165, 1.54) is 0 Å². The topological polar surface area (TPSA) is 118 Å². The van der Waals surface area contributed by atoms with Crippen molar-refractivity contribution in [2.45, 2.75) is 40.2 Å². The number of aliphatic hydroxyl groups excluding tert-OH is 1. The van der Waals surface area contributed by atoms with Gasteiger partial charge in [0, 0.05) is 13.2 Å². The summed E-state index contributed by atoms with van der Waals surface area (Å²) in [6, 6.07) is 0.213. The molecule has 20 heavy (non-hydrogen) atoms. The summed E-state index contributed by atoms with van der Waals surface area (Å²) in [5, 5.41) is 12.1. The van der Waals surface area contributed by atoms with Gasteiger partial charge in [-0.25, -0.2) is 5.84 Å². The number of nitrogen functional groups attached to an aromatic ring is 1. The second-order valence-electron chi connectivity index (χ2n) is 5.57. The molecule has 0 atom stereocenters. The van der Waals surface area contributed by atoms with Gasteiger partial charge in [-0.05, 0) is 25.7 Å². The van der Waals surface area contributed by atoms with Crippen LogP contribution in [0.1, 0.15) is 34.1 Å². The van der Waals surface area contributed by atoms with E-state index >= 15 is 0 Å². The van der Waals surface area contributed by atoms with Gasteiger partial charge in [-0.15, -0.1) is 0 Å². The highest BCUT2D eigenvalue weighted by Crippen LogP contribution is 2.20. The first-order valence-electron chi connectivity index (χ1n) is 6.60. The summed E-state index contributed by atoms with van der Waals surface area (Å²) in [6.45, 7) is 8.62. The van der Waals surface area contributed by atoms with Crippen LogP contribution in [0.3, 0.4) is 0 Å². The minimum Gasteiger partial charge on any atom is -0.461 e. The maximum atomic E-state index is 9.01. The number of nitrogens with zero attached hydrogens (tertiary/aromatic N) is 3. The largest absolute Gasteiger partial charge is 0.461 e. The molecule has 0 radical (unpaired) electrons. The standard InChI is InChI=1S/C12H24N6O2/c1-8(2)20-11-16-9(15-10(17-11)18-13)14-7-12(3,4)5-6-19/h8,19H,5-7,13H2,1-4H3,(H2,14,15,16,17,18). The molecule has 0 fully saturated rings. The number of rotatable bonds is 8. The van der Waals surface area contributed by atoms with Crippen molar-refractivity contribution in [2.75, 3.05) is 23.9 Å². The molecule has 114 valence electrons. The number of aromatic nitrogens is 3. The Morgan fingerprint density at radius 1 is 1.25 bits per heavy atom. The van der Waals surface area contributed by atoms with Gasteiger partial charge >= 0.3 is 6.01 Å². The molecule has 8 heteroatoms. The monoisotopic (exact) mass is 284 g/mol. The Hall–Kier alpha value is -1.67. The molecule has 0 spiro atoms. The van der Waals surface area contributed by atoms with Crippen LogP contribution >= 0.6 is 0 Å². The maximum absolute atomic E-state index is 9.01. The summed E-state index contributed by atoms with van der Waals surface area (Å²) >= 11 is 0. The maximum Gasteiger partial charge on any atom is 0.323 e. The fourth-order valence-corrected chi connectivity index (χ4v) is 1.47. The van der Waals surface area contributed by atoms with Crippen LogP contribution in [0, 0.1) is 5.41 Å². The smallest absolute Gasteiger partial charge is 0.323 e. The Kier molecular flexibility index (Phi) is 5.90. The quantitative estimate of drug-likeness (QED) is 0.408. The number of ether oxygens (including phenoxy) is 1. The second kappa shape index (κ2) is 7.20. The highest BCUT2D eigenvalue weighted by atomic mass is 16.5. The lowest BCUT2D eigenvalue weighted by Gasteiger charge is -2.23. The third-order valence-electron chi connectivity index (χ3n) is 2.60. The zero-order valence-electron chi connectivity index (χ0n) is 12.5. The molecular weight excluding hydrogens is 260 g/mol. The first-order valence-corrected chi connectivity index (χ1v) is 6.60. The van der Waals surface area contributed by atoms with Gasteiger partial charge in [-0.1, -0.05) is 13.8 Å². The zero-order valence-corrected chi connectivity index (χ0v) is 12.5. The van der Waals surface area contributed by atoms with Crippen LogP contribution in [-0.4, -0.2) is 39.3 Å². The van der Waals surface area contributed by atoms with E-state index in [2.05, 4.69) is 25.7 Å². The van der Waals surface area contributed by atoms with Gasteiger partial charge in [0.05, 0.1) is 6.10 Å². The molecule has 0 bridgehead atoms. The average molecular weight is 284 g/mol. The Morgan fingerprint density at radius 3 is 2.45 bits per heavy atom. The summed E-state index contributed by atoms with van der Waals surface area (Å²) in [5.74, 6) is 5.95. The van der Waals surface area contributed by atoms with E-state index in [9.17, 15) is 0 Å². The second-order valence-corrected chi connectivity index (χ2v) is 5.57. The van der Waals surface area contributed by atoms with Crippen molar-refractivity contribution in [1.82, 2.24) is 15.0 Å². The van der Waals surface area contributed by atoms with Crippen molar-refractivity contribution < 1.29 is 9.84 Å². The molecule has 1 rings (SSSR count). The average Bonchev–Trinajstić information content (AvgIpc) is 2.35. The first kappa shape index (κ1) is 16.4. The SMILES string of the molecule is CC(C)Oc1nc(NN)nc(NCC(C)(C)CCO)n1. The van der Waals surface area contributed by atoms with Crippen molar-refractivity contribution in [2.24, 2.45) is 11.3 Å². The third kappa shape index (κ3) is 5.54. The Labute approximate surface area is 119 Å². The summed E-state index contributed by atoms with van der Waals surface area (Å²) in [5.41, 5.74) is 2.31. The Balaban J connectivity index is 2.78. The van der Waals surface area contributed by atoms with E-state index in [4.69, 9.17) is 15.7 Å². The lowest BCUT2D eigenvalue weighted by atomic mass is 9.90. The molecule has 0 saturated carbocycles. The van der Waals surface area contributed by atoms with Crippen molar-refractivity contribution in [3.05, 3.63) is 0 Å². The normalized spacial score (nSPS) is 11.6. The van der Waals surface area contributed by atoms with Crippen LogP contribution in [-0.2, 0) is 0 Å². The summed E-state index contributed by atoms with van der Waals surface area (Å²) in [4.78, 5) is 12.3. The molecule has 1 heterocycles. The van der Waals surface area contributed by atoms with Gasteiger partial charge in [0.15, 0.2) is 0 Å². The highest BCUT2D eigenvalue weighted by Gasteiger charge is 2.18. The predicted molar refractivity (Wildman–Crippen MR) is 77.4 cm³/mol. The van der Waals surface area contributed by atoms with E-state index in [1.807, 2.05) is 27.7 Å². The van der Waals surface area contributed by atoms with Gasteiger partial charge in [0.1, 0.15) is 0 Å². The number of nitrogens with one attached hydrogen (secondary N) is 2. The predicted octanol–water partition coefficient (Wildman–Crippen LogP) is 0.765. The summed E-state index contributed by atoms with van der Waals surface area (Å²) in [7, 11) is 0. The number of nitrogens with two attached hydrogens (primary N) is 1. The lowest BCUT2D eigenvalue weighted by Crippen LogP contribution is -2.25. The molecule has 1 aromatic rings. The van der Waals surface area contributed by atoms with Crippen LogP contribution in [0.4, 0.5) is 11.9 Å². The van der Waals surface area contributed by atoms with E-state index in [0.29, 0.717) is 18.9 Å². The van der Waals surface area contributed by atoms with Crippen LogP contribution in [0.15, 0.2) is 0 Å². The first-order chi connectivity index (χ1) is 9.36. The highest BCUT2D eigenvalue weighted by molar-refractivity contribution is 5.35. The van der Waals surface area contributed by atoms with Gasteiger partial charge in [0.2, 0.25) is 11.9 Å². The number of anilines is 2. The van der Waals surface area contributed by atoms with E-state index in [0.717, 1.165) is 0 Å². The molecular formula is C12H24N6O2. The van der Waals surface area contributed by atoms with Crippen LogP contribution in [0.5, 0.6) is 6.01 Å². The van der Waals surface area contributed by atoms with Crippen molar-refractivity contribution in [3.63, 3.8) is 0 Å². The summed E-state index contributed by atoms with van der Waals surface area (Å²) in [6.07, 6.45) is 0.643. The Bertz CT molecular complexity index is 424. The number of hydrogen-bond acceptors (Lipinski definition) is 8. The minimum absolute atomic E-state index is 0.0401. The molecule has 0 aliphatic rings. The number of hydrogen-bond donors (Lipinski definition) is 4. The van der Waals surface area contributed by atoms with Crippen molar-refractivity contribution >= 4 is 11.9 Å². The molecule has 0 unspecified atom stereocenters. The fraction of sp³-hybridized carbons (Fsp3) is 0.750. The van der Waals surface area contributed by atoms with Gasteiger partial charge < -0.3 is 15.2 Å². The van der Waals surface area contributed by atoms with E-state index < -0.39 is 0 Å². The van der Waals surface area contributed by atoms with Crippen molar-refractivity contribution in [3.8, 4) is 6.01 Å². The van der Waals surface area contributed by atoms with E-state index in [-0.39, 0.29) is 30.1 Å². The Morgan fingerprint density at radius 2 is 1.90 bits per heavy atom. The fourth-order valence-electron chi connectivity index (χ4n) is 1.47. The van der Waals surface area contributed by atoms with Crippen LogP contribution in [0.2, 0.25) is 0 Å². The van der Waals surface area contributed by atoms with Gasteiger partial charge in [-0.3, -0.25) is 5.43 Å². The number of hydrazine groups is 1. The molecule has 8 nitrogen and oxygen atoms in total. The van der Waals surface area contributed by atoms with Gasteiger partial charge in [0.25, 0.3) is 0 Å². The molecule has 1 aromatic heterocycles. The molecule has 5 N–H and O–H groups in total. The van der Waals surface area contributed by atoms with E-state index in [1.54, 1.807) is 0 Å². The minimum atomic E-state index is -0.0727. The third-order valence-corrected chi connectivity index (χ3v) is 2.60. The lowest BCUT2D eigenvalue weighted by molar-refractivity contribution is 0.218. The molecule has 0 aromatic carbocycles. The molecule has 0 aliphatic heterocycles.